The molecule has 60 heavy (non-hydrogen) atoms. The number of cyclic esters (lactones) is 1. The molecular weight excluding hydrogens is 784 g/mol. The van der Waals surface area contributed by atoms with Gasteiger partial charge in [-0.1, -0.05) is 20.8 Å². The van der Waals surface area contributed by atoms with Crippen molar-refractivity contribution in [1.82, 2.24) is 0 Å². The largest absolute Gasteiger partial charge is 0.481 e. The van der Waals surface area contributed by atoms with Crippen LogP contribution in [0.15, 0.2) is 11.6 Å². The second-order valence-corrected chi connectivity index (χ2v) is 19.6. The number of rotatable bonds is 8. The smallest absolute Gasteiger partial charge is 0.331 e. The van der Waals surface area contributed by atoms with Gasteiger partial charge in [-0.2, -0.15) is 0 Å². The number of hydrogen-bond donors (Lipinski definition) is 7. The van der Waals surface area contributed by atoms with Gasteiger partial charge in [-0.05, 0) is 107 Å². The zero-order valence-electron chi connectivity index (χ0n) is 36.0. The maximum absolute atomic E-state index is 12.6. The lowest BCUT2D eigenvalue weighted by atomic mass is 9.42. The number of carboxylic acids is 1. The quantitative estimate of drug-likeness (QED) is 0.137. The van der Waals surface area contributed by atoms with Crippen molar-refractivity contribution in [3.63, 3.8) is 0 Å². The van der Waals surface area contributed by atoms with Gasteiger partial charge in [-0.3, -0.25) is 4.79 Å². The summed E-state index contributed by atoms with van der Waals surface area (Å²) in [7, 11) is 0. The van der Waals surface area contributed by atoms with E-state index in [1.807, 2.05) is 13.8 Å². The molecule has 21 atom stereocenters. The van der Waals surface area contributed by atoms with E-state index in [0.717, 1.165) is 44.1 Å². The van der Waals surface area contributed by atoms with Crippen LogP contribution in [-0.4, -0.2) is 146 Å². The Morgan fingerprint density at radius 1 is 0.750 bits per heavy atom. The number of aliphatic hydroxyl groups is 6. The molecule has 8 rings (SSSR count). The second-order valence-electron chi connectivity index (χ2n) is 19.6. The van der Waals surface area contributed by atoms with Crippen LogP contribution in [0.4, 0.5) is 0 Å². The highest BCUT2D eigenvalue weighted by Gasteiger charge is 2.71. The molecule has 7 fully saturated rings. The fourth-order valence-corrected chi connectivity index (χ4v) is 12.8. The molecule has 4 saturated carbocycles. The van der Waals surface area contributed by atoms with Crippen LogP contribution in [0.1, 0.15) is 119 Å². The SMILES string of the molecule is CCC(=O)O.C[C@H]1O[C@@H](O[C@H]2[C@@H](O)C[C@H](O[C@@H]3[C@@H](O)C[C@H](O[C@H]4CC[C@@]5(C)[C@H](CC[C@@H]6[C@@H]5C[C@@H](O)[C@]5(C)[C@@H](C7=CC(=O)OC7)CC[C@]65O)C4)O[C@@H]3C)O[C@@H]2C)C[C@H](O)[C@@H]1O. The van der Waals surface area contributed by atoms with Gasteiger partial charge in [0.15, 0.2) is 18.9 Å². The standard InChI is InChI=1S/C41H64O14.C3H6O2/c1-19-36(47)28(42)15-34(50-19)54-38-21(3)52-35(17-30(38)44)55-37-20(2)51-33(16-29(37)43)53-24-8-10-39(4)23(13-24)6-7-26-27(39)14-31(45)40(5)25(9-11-41(26,40)48)22-12-32(46)49-18-22;1-2-3(4)5/h12,19-21,23-31,33-38,42-45,47-48H,6-11,13-18H2,1-5H3;2H2,1H3,(H,4,5)/t19-,20-,21-,23-,24+,25-,26-,27+,28+,29+,30+,31-,33+,34+,35+,36-,37+,38-,39+,40+,41+;/m1./s1. The van der Waals surface area contributed by atoms with E-state index in [1.165, 1.54) is 0 Å². The number of ether oxygens (including phenoxy) is 7. The number of carbonyl (C=O) groups excluding carboxylic acids is 1. The number of fused-ring (bicyclic) bond motifs is 5. The van der Waals surface area contributed by atoms with Crippen LogP contribution < -0.4 is 0 Å². The first-order chi connectivity index (χ1) is 28.3. The fraction of sp³-hybridized carbons (Fsp3) is 0.909. The Hall–Kier alpha value is -1.80. The third-order valence-corrected chi connectivity index (χ3v) is 16.3. The molecule has 0 aromatic rings. The Balaban J connectivity index is 0.00000103. The Bertz CT molecular complexity index is 1530. The summed E-state index contributed by atoms with van der Waals surface area (Å²) < 4.78 is 42.1. The van der Waals surface area contributed by atoms with E-state index < -0.39 is 96.9 Å². The number of aliphatic carboxylic acids is 1. The van der Waals surface area contributed by atoms with E-state index in [4.69, 9.17) is 38.3 Å². The van der Waals surface area contributed by atoms with Crippen LogP contribution in [0.3, 0.4) is 0 Å². The van der Waals surface area contributed by atoms with Crippen molar-refractivity contribution in [1.29, 1.82) is 0 Å². The highest BCUT2D eigenvalue weighted by Crippen LogP contribution is 2.70. The van der Waals surface area contributed by atoms with Gasteiger partial charge in [0.25, 0.3) is 0 Å². The van der Waals surface area contributed by atoms with Crippen molar-refractivity contribution in [2.45, 2.75) is 210 Å². The van der Waals surface area contributed by atoms with E-state index in [0.29, 0.717) is 18.8 Å². The normalized spacial score (nSPS) is 51.5. The van der Waals surface area contributed by atoms with Crippen molar-refractivity contribution >= 4 is 11.9 Å². The molecule has 7 N–H and O–H groups in total. The summed E-state index contributed by atoms with van der Waals surface area (Å²) in [6.07, 6.45) is -1.29. The number of carboxylic acid groups (broad SMARTS) is 1. The maximum Gasteiger partial charge on any atom is 0.331 e. The van der Waals surface area contributed by atoms with Gasteiger partial charge in [-0.15, -0.1) is 0 Å². The number of esters is 1. The molecule has 4 aliphatic carbocycles. The number of aliphatic hydroxyl groups excluding tert-OH is 5. The minimum Gasteiger partial charge on any atom is -0.481 e. The molecule has 16 nitrogen and oxygen atoms in total. The predicted octanol–water partition coefficient (Wildman–Crippen LogP) is 2.70. The van der Waals surface area contributed by atoms with Gasteiger partial charge in [0.05, 0.1) is 54.4 Å². The monoisotopic (exact) mass is 854 g/mol. The fourth-order valence-electron chi connectivity index (χ4n) is 12.8. The lowest BCUT2D eigenvalue weighted by Crippen LogP contribution is -2.67. The van der Waals surface area contributed by atoms with Crippen LogP contribution >= 0.6 is 0 Å². The molecule has 0 aromatic carbocycles. The molecular formula is C44H70O16. The Morgan fingerprint density at radius 2 is 1.32 bits per heavy atom. The molecule has 4 heterocycles. The van der Waals surface area contributed by atoms with Crippen LogP contribution in [0.25, 0.3) is 0 Å². The molecule has 0 amide bonds. The topological polar surface area (TPSA) is 240 Å². The van der Waals surface area contributed by atoms with Gasteiger partial charge in [-0.25, -0.2) is 4.79 Å². The molecule has 0 unspecified atom stereocenters. The van der Waals surface area contributed by atoms with Gasteiger partial charge >= 0.3 is 11.9 Å². The summed E-state index contributed by atoms with van der Waals surface area (Å²) in [5.74, 6) is -0.541. The van der Waals surface area contributed by atoms with Crippen molar-refractivity contribution in [3.05, 3.63) is 11.6 Å². The van der Waals surface area contributed by atoms with Gasteiger partial charge < -0.3 is 68.9 Å². The summed E-state index contributed by atoms with van der Waals surface area (Å²) in [4.78, 5) is 21.3. The van der Waals surface area contributed by atoms with Crippen molar-refractivity contribution in [2.24, 2.45) is 34.5 Å². The molecule has 8 aliphatic rings. The van der Waals surface area contributed by atoms with Gasteiger partial charge in [0, 0.05) is 37.2 Å². The first kappa shape index (κ1) is 46.2. The first-order valence-corrected chi connectivity index (χ1v) is 22.4. The number of hydrogen-bond acceptors (Lipinski definition) is 15. The second kappa shape index (κ2) is 18.0. The van der Waals surface area contributed by atoms with Crippen LogP contribution in [0.5, 0.6) is 0 Å². The Kier molecular flexibility index (Phi) is 13.9. The van der Waals surface area contributed by atoms with Crippen molar-refractivity contribution in [2.75, 3.05) is 6.61 Å². The zero-order valence-corrected chi connectivity index (χ0v) is 36.0. The minimum absolute atomic E-state index is 0.0452. The van der Waals surface area contributed by atoms with Gasteiger partial charge in [0.2, 0.25) is 0 Å². The molecule has 16 heteroatoms. The predicted molar refractivity (Wildman–Crippen MR) is 211 cm³/mol. The van der Waals surface area contributed by atoms with Crippen LogP contribution in [0, 0.1) is 34.5 Å². The van der Waals surface area contributed by atoms with E-state index in [9.17, 15) is 40.2 Å². The van der Waals surface area contributed by atoms with E-state index in [-0.39, 0.29) is 67.5 Å². The third-order valence-electron chi connectivity index (χ3n) is 16.3. The summed E-state index contributed by atoms with van der Waals surface area (Å²) >= 11 is 0. The van der Waals surface area contributed by atoms with Crippen LogP contribution in [-0.2, 0) is 42.7 Å². The van der Waals surface area contributed by atoms with Crippen molar-refractivity contribution < 1.29 is 78.5 Å². The number of carbonyl (C=O) groups is 2. The van der Waals surface area contributed by atoms with Gasteiger partial charge in [0.1, 0.15) is 24.9 Å². The summed E-state index contributed by atoms with van der Waals surface area (Å²) in [6, 6.07) is 0. The Morgan fingerprint density at radius 3 is 1.85 bits per heavy atom. The Labute approximate surface area is 352 Å². The average Bonchev–Trinajstić information content (AvgIpc) is 3.74. The summed E-state index contributed by atoms with van der Waals surface area (Å²) in [5, 5.41) is 74.6. The molecule has 4 aliphatic heterocycles. The molecule has 342 valence electrons. The third kappa shape index (κ3) is 8.59. The molecule has 0 aromatic heterocycles. The van der Waals surface area contributed by atoms with E-state index in [1.54, 1.807) is 26.8 Å². The zero-order chi connectivity index (χ0) is 43.5. The molecule has 0 bridgehead atoms. The highest BCUT2D eigenvalue weighted by atomic mass is 16.7. The average molecular weight is 855 g/mol. The molecule has 3 saturated heterocycles. The van der Waals surface area contributed by atoms with E-state index >= 15 is 0 Å². The maximum atomic E-state index is 12.6. The molecule has 0 radical (unpaired) electrons. The lowest BCUT2D eigenvalue weighted by molar-refractivity contribution is -0.336. The van der Waals surface area contributed by atoms with Crippen molar-refractivity contribution in [3.8, 4) is 0 Å². The first-order valence-electron chi connectivity index (χ1n) is 22.4. The minimum atomic E-state index is -1.01. The summed E-state index contributed by atoms with van der Waals surface area (Å²) in [6.45, 7) is 11.5. The summed E-state index contributed by atoms with van der Waals surface area (Å²) in [5.41, 5.74) is -0.892. The molecule has 0 spiro atoms. The van der Waals surface area contributed by atoms with E-state index in [2.05, 4.69) is 6.92 Å². The highest BCUT2D eigenvalue weighted by molar-refractivity contribution is 5.85. The van der Waals surface area contributed by atoms with Crippen LogP contribution in [0.2, 0.25) is 0 Å². The lowest BCUT2D eigenvalue weighted by Gasteiger charge is -2.65.